The Hall–Kier alpha value is -0.950. The zero-order valence-electron chi connectivity index (χ0n) is 11.3. The summed E-state index contributed by atoms with van der Waals surface area (Å²) in [7, 11) is -3.04. The van der Waals surface area contributed by atoms with E-state index in [0.29, 0.717) is 0 Å². The molecule has 0 aliphatic rings. The number of aromatic nitrogens is 3. The number of rotatable bonds is 8. The zero-order chi connectivity index (χ0) is 13.6. The smallest absolute Gasteiger partial charge is 0.149 e. The van der Waals surface area contributed by atoms with Crippen molar-refractivity contribution in [3.05, 3.63) is 11.9 Å². The number of hydrogen-bond acceptors (Lipinski definition) is 5. The van der Waals surface area contributed by atoms with Gasteiger partial charge in [-0.1, -0.05) is 19.1 Å². The molecule has 6 nitrogen and oxygen atoms in total. The molecule has 1 unspecified atom stereocenters. The minimum atomic E-state index is -3.04. The van der Waals surface area contributed by atoms with E-state index < -0.39 is 9.84 Å². The molecule has 0 saturated carbocycles. The van der Waals surface area contributed by atoms with Gasteiger partial charge in [0.1, 0.15) is 9.84 Å². The third kappa shape index (κ3) is 4.73. The fourth-order valence-corrected chi connectivity index (χ4v) is 2.69. The zero-order valence-corrected chi connectivity index (χ0v) is 12.1. The first-order valence-electron chi connectivity index (χ1n) is 6.27. The van der Waals surface area contributed by atoms with Crippen molar-refractivity contribution in [3.63, 3.8) is 0 Å². The van der Waals surface area contributed by atoms with Crippen molar-refractivity contribution in [2.24, 2.45) is 0 Å². The molecule has 1 atom stereocenters. The molecule has 0 aliphatic heterocycles. The Morgan fingerprint density at radius 3 is 2.67 bits per heavy atom. The van der Waals surface area contributed by atoms with E-state index in [1.54, 1.807) is 10.9 Å². The molecular formula is C11H22N4O2S. The summed E-state index contributed by atoms with van der Waals surface area (Å²) in [5, 5.41) is 11.1. The Morgan fingerprint density at radius 1 is 1.39 bits per heavy atom. The van der Waals surface area contributed by atoms with Gasteiger partial charge in [-0.2, -0.15) is 0 Å². The Kier molecular flexibility index (Phi) is 5.74. The summed E-state index contributed by atoms with van der Waals surface area (Å²) in [6, 6.07) is -0.235. The molecule has 0 amide bonds. The minimum Gasteiger partial charge on any atom is -0.308 e. The average molecular weight is 274 g/mol. The molecule has 104 valence electrons. The molecule has 0 saturated heterocycles. The van der Waals surface area contributed by atoms with Gasteiger partial charge in [0.25, 0.3) is 0 Å². The van der Waals surface area contributed by atoms with Crippen molar-refractivity contribution in [1.82, 2.24) is 20.3 Å². The Bertz CT molecular complexity index is 455. The van der Waals surface area contributed by atoms with Crippen LogP contribution in [0.4, 0.5) is 0 Å². The monoisotopic (exact) mass is 274 g/mol. The van der Waals surface area contributed by atoms with Crippen LogP contribution in [0.25, 0.3) is 0 Å². The molecule has 0 spiro atoms. The Morgan fingerprint density at radius 2 is 2.11 bits per heavy atom. The number of sulfone groups is 1. The van der Waals surface area contributed by atoms with E-state index in [4.69, 9.17) is 0 Å². The van der Waals surface area contributed by atoms with Crippen molar-refractivity contribution in [2.75, 3.05) is 18.6 Å². The first kappa shape index (κ1) is 15.1. The van der Waals surface area contributed by atoms with Gasteiger partial charge in [-0.15, -0.1) is 5.10 Å². The van der Waals surface area contributed by atoms with Crippen molar-refractivity contribution >= 4 is 9.84 Å². The molecule has 7 heteroatoms. The van der Waals surface area contributed by atoms with Crippen LogP contribution in [0.15, 0.2) is 6.20 Å². The van der Waals surface area contributed by atoms with E-state index in [0.717, 1.165) is 31.6 Å². The molecule has 1 aromatic heterocycles. The quantitative estimate of drug-likeness (QED) is 0.758. The molecule has 0 fully saturated rings. The largest absolute Gasteiger partial charge is 0.308 e. The van der Waals surface area contributed by atoms with Crippen molar-refractivity contribution in [3.8, 4) is 0 Å². The van der Waals surface area contributed by atoms with Gasteiger partial charge in [0.2, 0.25) is 0 Å². The van der Waals surface area contributed by atoms with Gasteiger partial charge in [-0.05, 0) is 19.4 Å². The van der Waals surface area contributed by atoms with Crippen LogP contribution in [0.3, 0.4) is 0 Å². The van der Waals surface area contributed by atoms with Crippen molar-refractivity contribution < 1.29 is 8.42 Å². The standard InChI is InChI=1S/C11H22N4O2S/c1-4-6-12-10(9-18(3,16)17)11-8-13-14-15(11)7-5-2/h8,10,12H,4-7,9H2,1-3H3. The van der Waals surface area contributed by atoms with Crippen LogP contribution >= 0.6 is 0 Å². The van der Waals surface area contributed by atoms with E-state index >= 15 is 0 Å². The maximum atomic E-state index is 11.5. The van der Waals surface area contributed by atoms with Gasteiger partial charge in [-0.25, -0.2) is 13.1 Å². The molecule has 0 aromatic carbocycles. The second kappa shape index (κ2) is 6.84. The summed E-state index contributed by atoms with van der Waals surface area (Å²) in [6.45, 7) is 5.63. The molecule has 0 bridgehead atoms. The van der Waals surface area contributed by atoms with Crippen LogP contribution in [0.5, 0.6) is 0 Å². The predicted molar refractivity (Wildman–Crippen MR) is 71.1 cm³/mol. The fraction of sp³-hybridized carbons (Fsp3) is 0.818. The van der Waals surface area contributed by atoms with E-state index in [2.05, 4.69) is 22.6 Å². The lowest BCUT2D eigenvalue weighted by atomic mass is 10.2. The summed E-state index contributed by atoms with van der Waals surface area (Å²) in [5.74, 6) is 0.0735. The van der Waals surface area contributed by atoms with E-state index in [1.165, 1.54) is 6.26 Å². The van der Waals surface area contributed by atoms with Crippen LogP contribution in [-0.2, 0) is 16.4 Å². The average Bonchev–Trinajstić information content (AvgIpc) is 2.71. The highest BCUT2D eigenvalue weighted by molar-refractivity contribution is 7.90. The van der Waals surface area contributed by atoms with Gasteiger partial charge in [0, 0.05) is 12.8 Å². The molecule has 1 aromatic rings. The van der Waals surface area contributed by atoms with Crippen LogP contribution < -0.4 is 5.32 Å². The summed E-state index contributed by atoms with van der Waals surface area (Å²) in [4.78, 5) is 0. The second-order valence-corrected chi connectivity index (χ2v) is 6.67. The van der Waals surface area contributed by atoms with Gasteiger partial charge < -0.3 is 5.32 Å². The maximum absolute atomic E-state index is 11.5. The van der Waals surface area contributed by atoms with Gasteiger partial charge >= 0.3 is 0 Å². The van der Waals surface area contributed by atoms with Crippen LogP contribution in [0.2, 0.25) is 0 Å². The first-order chi connectivity index (χ1) is 8.48. The third-order valence-electron chi connectivity index (χ3n) is 2.55. The summed E-state index contributed by atoms with van der Waals surface area (Å²) in [5.41, 5.74) is 0.843. The molecule has 1 N–H and O–H groups in total. The van der Waals surface area contributed by atoms with E-state index in [-0.39, 0.29) is 11.8 Å². The molecule has 0 aliphatic carbocycles. The lowest BCUT2D eigenvalue weighted by Gasteiger charge is -2.18. The normalized spacial score (nSPS) is 13.7. The third-order valence-corrected chi connectivity index (χ3v) is 3.49. The Balaban J connectivity index is 2.89. The minimum absolute atomic E-state index is 0.0735. The van der Waals surface area contributed by atoms with Crippen molar-refractivity contribution in [1.29, 1.82) is 0 Å². The number of aryl methyl sites for hydroxylation is 1. The summed E-state index contributed by atoms with van der Waals surface area (Å²) >= 11 is 0. The molecule has 1 heterocycles. The lowest BCUT2D eigenvalue weighted by Crippen LogP contribution is -2.30. The number of hydrogen-bond donors (Lipinski definition) is 1. The van der Waals surface area contributed by atoms with E-state index in [9.17, 15) is 8.42 Å². The van der Waals surface area contributed by atoms with E-state index in [1.807, 2.05) is 6.92 Å². The SMILES string of the molecule is CCCNC(CS(C)(=O)=O)c1cnnn1CCC. The van der Waals surface area contributed by atoms with Crippen LogP contribution in [0, 0.1) is 0 Å². The van der Waals surface area contributed by atoms with Crippen LogP contribution in [0.1, 0.15) is 38.4 Å². The first-order valence-corrected chi connectivity index (χ1v) is 8.33. The summed E-state index contributed by atoms with van der Waals surface area (Å²) < 4.78 is 24.7. The molecule has 18 heavy (non-hydrogen) atoms. The maximum Gasteiger partial charge on any atom is 0.149 e. The second-order valence-electron chi connectivity index (χ2n) is 4.48. The van der Waals surface area contributed by atoms with Gasteiger partial charge in [0.15, 0.2) is 0 Å². The highest BCUT2D eigenvalue weighted by atomic mass is 32.2. The van der Waals surface area contributed by atoms with Crippen molar-refractivity contribution in [2.45, 2.75) is 39.3 Å². The summed E-state index contributed by atoms with van der Waals surface area (Å²) in [6.07, 6.45) is 4.79. The fourth-order valence-electron chi connectivity index (χ4n) is 1.79. The number of nitrogens with zero attached hydrogens (tertiary/aromatic N) is 3. The van der Waals surface area contributed by atoms with Crippen LogP contribution in [-0.4, -0.2) is 42.0 Å². The number of nitrogens with one attached hydrogen (secondary N) is 1. The van der Waals surface area contributed by atoms with Gasteiger partial charge in [0.05, 0.1) is 23.7 Å². The topological polar surface area (TPSA) is 76.9 Å². The molecule has 1 rings (SSSR count). The Labute approximate surface area is 109 Å². The molecular weight excluding hydrogens is 252 g/mol. The highest BCUT2D eigenvalue weighted by Gasteiger charge is 2.20. The lowest BCUT2D eigenvalue weighted by molar-refractivity contribution is 0.485. The highest BCUT2D eigenvalue weighted by Crippen LogP contribution is 2.14. The predicted octanol–water partition coefficient (Wildman–Crippen LogP) is 0.773. The molecule has 0 radical (unpaired) electrons. The van der Waals surface area contributed by atoms with Gasteiger partial charge in [-0.3, -0.25) is 0 Å².